The van der Waals surface area contributed by atoms with Gasteiger partial charge in [-0.25, -0.2) is 18.1 Å². The third kappa shape index (κ3) is 6.16. The number of hydrogen-bond acceptors (Lipinski definition) is 4. The van der Waals surface area contributed by atoms with Gasteiger partial charge in [-0.15, -0.1) is 0 Å². The normalized spacial score (nSPS) is 12.9. The number of hydrogen-bond donors (Lipinski definition) is 1. The molecule has 5 rings (SSSR count). The maximum Gasteiger partial charge on any atom is 0.266 e. The maximum atomic E-state index is 13.8. The Balaban J connectivity index is 1.53. The summed E-state index contributed by atoms with van der Waals surface area (Å²) < 4.78 is 31.1. The second-order valence-electron chi connectivity index (χ2n) is 11.7. The fourth-order valence-electron chi connectivity index (χ4n) is 5.13. The zero-order valence-electron chi connectivity index (χ0n) is 24.0. The van der Waals surface area contributed by atoms with Crippen LogP contribution in [0.2, 0.25) is 0 Å². The molecule has 1 aromatic heterocycles. The lowest BCUT2D eigenvalue weighted by Gasteiger charge is -2.20. The summed E-state index contributed by atoms with van der Waals surface area (Å²) in [7, 11) is -3.89. The molecule has 5 aromatic rings. The van der Waals surface area contributed by atoms with Crippen molar-refractivity contribution >= 4 is 20.9 Å². The second-order valence-corrected chi connectivity index (χ2v) is 13.4. The number of nitrogens with one attached hydrogen (secondary N) is 1. The quantitative estimate of drug-likeness (QED) is 0.231. The van der Waals surface area contributed by atoms with Gasteiger partial charge in [-0.2, -0.15) is 0 Å². The van der Waals surface area contributed by atoms with Crippen LogP contribution in [-0.4, -0.2) is 18.0 Å². The molecule has 1 atom stereocenters. The molecule has 210 valence electrons. The van der Waals surface area contributed by atoms with E-state index >= 15 is 0 Å². The molecular weight excluding hydrogens is 530 g/mol. The highest BCUT2D eigenvalue weighted by molar-refractivity contribution is 7.89. The fourth-order valence-corrected chi connectivity index (χ4v) is 6.33. The molecule has 0 saturated carbocycles. The van der Waals surface area contributed by atoms with Gasteiger partial charge in [-0.1, -0.05) is 81.4 Å². The molecule has 0 bridgehead atoms. The monoisotopic (exact) mass is 565 g/mol. The zero-order chi connectivity index (χ0) is 29.4. The van der Waals surface area contributed by atoms with E-state index in [4.69, 9.17) is 4.98 Å². The Labute approximate surface area is 241 Å². The predicted molar refractivity (Wildman–Crippen MR) is 166 cm³/mol. The molecule has 0 aliphatic carbocycles. The van der Waals surface area contributed by atoms with E-state index < -0.39 is 16.1 Å². The SMILES string of the molecule is Cc1ccccc1-c1ccc(-n2c(C(C)NS(=O)(=O)c3ccc(CC(C)(C)C)cc3)nc3ccccc3c2=O)cc1. The molecule has 0 radical (unpaired) electrons. The van der Waals surface area contributed by atoms with Crippen LogP contribution in [0, 0.1) is 12.3 Å². The van der Waals surface area contributed by atoms with E-state index in [0.29, 0.717) is 22.4 Å². The Morgan fingerprint density at radius 3 is 2.15 bits per heavy atom. The largest absolute Gasteiger partial charge is 0.268 e. The van der Waals surface area contributed by atoms with E-state index in [9.17, 15) is 13.2 Å². The van der Waals surface area contributed by atoms with Crippen LogP contribution in [0.5, 0.6) is 0 Å². The highest BCUT2D eigenvalue weighted by Crippen LogP contribution is 2.26. The van der Waals surface area contributed by atoms with E-state index in [2.05, 4.69) is 44.5 Å². The average molecular weight is 566 g/mol. The maximum absolute atomic E-state index is 13.8. The van der Waals surface area contributed by atoms with Crippen molar-refractivity contribution in [1.82, 2.24) is 14.3 Å². The van der Waals surface area contributed by atoms with Crippen molar-refractivity contribution in [2.24, 2.45) is 5.41 Å². The molecule has 0 spiro atoms. The standard InChI is InChI=1S/C34H35N3O3S/c1-23-10-6-7-11-29(23)26-16-18-27(19-17-26)37-32(35-31-13-9-8-12-30(31)33(37)38)24(2)36-41(39,40)28-20-14-25(15-21-28)22-34(3,4)5/h6-21,24,36H,22H2,1-5H3. The first-order chi connectivity index (χ1) is 19.4. The Kier molecular flexibility index (Phi) is 7.68. The molecule has 1 N–H and O–H groups in total. The van der Waals surface area contributed by atoms with Gasteiger partial charge in [-0.05, 0) is 84.3 Å². The third-order valence-electron chi connectivity index (χ3n) is 7.07. The fraction of sp³-hybridized carbons (Fsp3) is 0.235. The van der Waals surface area contributed by atoms with Gasteiger partial charge in [-0.3, -0.25) is 9.36 Å². The minimum absolute atomic E-state index is 0.0939. The lowest BCUT2D eigenvalue weighted by atomic mass is 9.88. The van der Waals surface area contributed by atoms with Gasteiger partial charge in [0.15, 0.2) is 0 Å². The van der Waals surface area contributed by atoms with Gasteiger partial charge < -0.3 is 0 Å². The summed E-state index contributed by atoms with van der Waals surface area (Å²) in [6.07, 6.45) is 0.840. The lowest BCUT2D eigenvalue weighted by Crippen LogP contribution is -2.33. The summed E-state index contributed by atoms with van der Waals surface area (Å²) in [5.74, 6) is 0.310. The van der Waals surface area contributed by atoms with Crippen LogP contribution in [0.1, 0.15) is 50.7 Å². The molecule has 6 nitrogen and oxygen atoms in total. The molecule has 0 aliphatic heterocycles. The first kappa shape index (κ1) is 28.5. The average Bonchev–Trinajstić information content (AvgIpc) is 2.93. The first-order valence-electron chi connectivity index (χ1n) is 13.7. The molecule has 1 unspecified atom stereocenters. The highest BCUT2D eigenvalue weighted by Gasteiger charge is 2.24. The molecule has 0 amide bonds. The third-order valence-corrected chi connectivity index (χ3v) is 8.63. The van der Waals surface area contributed by atoms with Crippen LogP contribution in [-0.2, 0) is 16.4 Å². The Hall–Kier alpha value is -4.07. The zero-order valence-corrected chi connectivity index (χ0v) is 24.9. The van der Waals surface area contributed by atoms with Crippen molar-refractivity contribution in [1.29, 1.82) is 0 Å². The van der Waals surface area contributed by atoms with Crippen LogP contribution < -0.4 is 10.3 Å². The number of benzene rings is 4. The lowest BCUT2D eigenvalue weighted by molar-refractivity contribution is 0.411. The van der Waals surface area contributed by atoms with Crippen LogP contribution in [0.4, 0.5) is 0 Å². The van der Waals surface area contributed by atoms with Gasteiger partial charge in [0.1, 0.15) is 5.82 Å². The predicted octanol–water partition coefficient (Wildman–Crippen LogP) is 6.99. The number of sulfonamides is 1. The number of para-hydroxylation sites is 1. The minimum Gasteiger partial charge on any atom is -0.268 e. The molecule has 0 fully saturated rings. The Morgan fingerprint density at radius 1 is 0.854 bits per heavy atom. The molecule has 0 saturated heterocycles. The van der Waals surface area contributed by atoms with Gasteiger partial charge >= 0.3 is 0 Å². The van der Waals surface area contributed by atoms with E-state index in [1.54, 1.807) is 37.3 Å². The second kappa shape index (κ2) is 11.1. The molecule has 7 heteroatoms. The smallest absolute Gasteiger partial charge is 0.266 e. The Morgan fingerprint density at radius 2 is 1.49 bits per heavy atom. The van der Waals surface area contributed by atoms with E-state index in [-0.39, 0.29) is 15.9 Å². The van der Waals surface area contributed by atoms with Crippen LogP contribution >= 0.6 is 0 Å². The number of aromatic nitrogens is 2. The van der Waals surface area contributed by atoms with E-state index in [1.807, 2.05) is 54.6 Å². The summed E-state index contributed by atoms with van der Waals surface area (Å²) in [6.45, 7) is 10.2. The molecule has 0 aliphatic rings. The Bertz CT molecular complexity index is 1870. The summed E-state index contributed by atoms with van der Waals surface area (Å²) in [5, 5.41) is 0.462. The van der Waals surface area contributed by atoms with E-state index in [0.717, 1.165) is 28.7 Å². The summed E-state index contributed by atoms with van der Waals surface area (Å²) in [5.41, 5.74) is 5.32. The minimum atomic E-state index is -3.89. The van der Waals surface area contributed by atoms with Crippen molar-refractivity contribution in [3.05, 3.63) is 124 Å². The molecule has 4 aromatic carbocycles. The highest BCUT2D eigenvalue weighted by atomic mass is 32.2. The molecule has 1 heterocycles. The topological polar surface area (TPSA) is 81.1 Å². The van der Waals surface area contributed by atoms with Crippen LogP contribution in [0.25, 0.3) is 27.7 Å². The number of nitrogens with zero attached hydrogens (tertiary/aromatic N) is 2. The van der Waals surface area contributed by atoms with Gasteiger partial charge in [0.25, 0.3) is 5.56 Å². The van der Waals surface area contributed by atoms with Crippen molar-refractivity contribution in [2.45, 2.75) is 52.0 Å². The molecule has 41 heavy (non-hydrogen) atoms. The van der Waals surface area contributed by atoms with Gasteiger partial charge in [0.05, 0.1) is 27.5 Å². The van der Waals surface area contributed by atoms with Gasteiger partial charge in [0.2, 0.25) is 10.0 Å². The number of fused-ring (bicyclic) bond motifs is 1. The van der Waals surface area contributed by atoms with Crippen molar-refractivity contribution in [2.75, 3.05) is 0 Å². The van der Waals surface area contributed by atoms with Crippen LogP contribution in [0.3, 0.4) is 0 Å². The first-order valence-corrected chi connectivity index (χ1v) is 15.2. The van der Waals surface area contributed by atoms with Crippen LogP contribution in [0.15, 0.2) is 107 Å². The number of rotatable bonds is 7. The van der Waals surface area contributed by atoms with Crippen molar-refractivity contribution < 1.29 is 8.42 Å². The van der Waals surface area contributed by atoms with E-state index in [1.165, 1.54) is 4.57 Å². The van der Waals surface area contributed by atoms with Gasteiger partial charge in [0, 0.05) is 0 Å². The summed E-state index contributed by atoms with van der Waals surface area (Å²) >= 11 is 0. The summed E-state index contributed by atoms with van der Waals surface area (Å²) in [6, 6.07) is 29.1. The summed E-state index contributed by atoms with van der Waals surface area (Å²) in [4.78, 5) is 18.7. The van der Waals surface area contributed by atoms with Crippen molar-refractivity contribution in [3.8, 4) is 16.8 Å². The molecular formula is C34H35N3O3S. The number of aryl methyl sites for hydroxylation is 1. The van der Waals surface area contributed by atoms with Crippen molar-refractivity contribution in [3.63, 3.8) is 0 Å².